The zero-order valence-electron chi connectivity index (χ0n) is 13.6. The van der Waals surface area contributed by atoms with Crippen molar-refractivity contribution in [2.24, 2.45) is 0 Å². The first-order valence-corrected chi connectivity index (χ1v) is 8.73. The van der Waals surface area contributed by atoms with Crippen LogP contribution in [0.15, 0.2) is 47.1 Å². The molecule has 0 radical (unpaired) electrons. The van der Waals surface area contributed by atoms with E-state index in [9.17, 15) is 9.59 Å². The molecule has 0 atom stereocenters. The van der Waals surface area contributed by atoms with Gasteiger partial charge in [-0.15, -0.1) is 0 Å². The van der Waals surface area contributed by atoms with Crippen LogP contribution in [-0.2, 0) is 16.1 Å². The van der Waals surface area contributed by atoms with Crippen molar-refractivity contribution in [3.8, 4) is 0 Å². The molecule has 0 aliphatic rings. The highest BCUT2D eigenvalue weighted by Gasteiger charge is 2.16. The van der Waals surface area contributed by atoms with Crippen LogP contribution in [0.25, 0.3) is 0 Å². The van der Waals surface area contributed by atoms with E-state index in [-0.39, 0.29) is 26.5 Å². The Morgan fingerprint density at radius 1 is 1.15 bits per heavy atom. The molecule has 0 fully saturated rings. The summed E-state index contributed by atoms with van der Waals surface area (Å²) in [4.78, 5) is 23.9. The van der Waals surface area contributed by atoms with Crippen molar-refractivity contribution in [1.29, 1.82) is 0 Å². The first-order chi connectivity index (χ1) is 12.9. The standard InChI is InChI=1S/C17H12Cl3N3O4/c18-11-6-13(20)14(7-12(11)19)22-16(24)9-26-17(25)15-3-2-10(27-15)8-23-5-1-4-21-23/h1-7H,8-9H2,(H,22,24). The number of ether oxygens (including phenoxy) is 1. The number of benzene rings is 1. The minimum absolute atomic E-state index is 0.0162. The average molecular weight is 429 g/mol. The molecule has 2 aromatic heterocycles. The number of esters is 1. The topological polar surface area (TPSA) is 86.4 Å². The first kappa shape index (κ1) is 19.3. The van der Waals surface area contributed by atoms with Gasteiger partial charge >= 0.3 is 5.97 Å². The summed E-state index contributed by atoms with van der Waals surface area (Å²) in [5, 5.41) is 7.23. The second-order valence-corrected chi connectivity index (χ2v) is 6.56. The van der Waals surface area contributed by atoms with Crippen molar-refractivity contribution < 1.29 is 18.7 Å². The molecule has 0 bridgehead atoms. The smallest absolute Gasteiger partial charge is 0.374 e. The lowest BCUT2D eigenvalue weighted by Gasteiger charge is -2.09. The van der Waals surface area contributed by atoms with Crippen LogP contribution in [0.1, 0.15) is 16.3 Å². The minimum atomic E-state index is -0.767. The number of nitrogens with zero attached hydrogens (tertiary/aromatic N) is 2. The summed E-state index contributed by atoms with van der Waals surface area (Å²) in [6.45, 7) is -0.152. The van der Waals surface area contributed by atoms with Crippen LogP contribution in [0.5, 0.6) is 0 Å². The lowest BCUT2D eigenvalue weighted by Crippen LogP contribution is -2.21. The summed E-state index contributed by atoms with van der Waals surface area (Å²) in [6.07, 6.45) is 3.40. The van der Waals surface area contributed by atoms with Gasteiger partial charge in [0.25, 0.3) is 5.91 Å². The molecule has 0 saturated heterocycles. The number of carbonyl (C=O) groups is 2. The van der Waals surface area contributed by atoms with E-state index >= 15 is 0 Å². The summed E-state index contributed by atoms with van der Waals surface area (Å²) in [5.41, 5.74) is 0.256. The van der Waals surface area contributed by atoms with E-state index in [0.29, 0.717) is 12.3 Å². The third kappa shape index (κ3) is 5.03. The molecule has 0 saturated carbocycles. The molecule has 0 aliphatic heterocycles. The van der Waals surface area contributed by atoms with Gasteiger partial charge in [-0.2, -0.15) is 5.10 Å². The van der Waals surface area contributed by atoms with Gasteiger partial charge in [0.2, 0.25) is 5.76 Å². The maximum Gasteiger partial charge on any atom is 0.374 e. The van der Waals surface area contributed by atoms with E-state index in [2.05, 4.69) is 10.4 Å². The third-order valence-corrected chi connectivity index (χ3v) is 4.39. The van der Waals surface area contributed by atoms with Crippen LogP contribution in [0.2, 0.25) is 15.1 Å². The van der Waals surface area contributed by atoms with Crippen LogP contribution in [-0.4, -0.2) is 28.3 Å². The van der Waals surface area contributed by atoms with Crippen molar-refractivity contribution in [2.45, 2.75) is 6.54 Å². The molecular weight excluding hydrogens is 417 g/mol. The molecule has 3 rings (SSSR count). The van der Waals surface area contributed by atoms with Crippen molar-refractivity contribution >= 4 is 52.4 Å². The highest BCUT2D eigenvalue weighted by Crippen LogP contribution is 2.32. The summed E-state index contributed by atoms with van der Waals surface area (Å²) < 4.78 is 12.0. The Labute approximate surface area is 168 Å². The van der Waals surface area contributed by atoms with E-state index in [1.807, 2.05) is 0 Å². The normalized spacial score (nSPS) is 10.6. The Kier molecular flexibility index (Phi) is 6.05. The maximum atomic E-state index is 12.0. The van der Waals surface area contributed by atoms with Gasteiger partial charge in [-0.05, 0) is 30.3 Å². The molecule has 0 aliphatic carbocycles. The van der Waals surface area contributed by atoms with Gasteiger partial charge in [0.1, 0.15) is 5.76 Å². The SMILES string of the molecule is O=C(COC(=O)c1ccc(Cn2cccn2)o1)Nc1cc(Cl)c(Cl)cc1Cl. The predicted molar refractivity (Wildman–Crippen MR) is 100 cm³/mol. The van der Waals surface area contributed by atoms with Crippen LogP contribution >= 0.6 is 34.8 Å². The van der Waals surface area contributed by atoms with E-state index in [4.69, 9.17) is 44.0 Å². The van der Waals surface area contributed by atoms with Crippen molar-refractivity contribution in [1.82, 2.24) is 9.78 Å². The molecular formula is C17H12Cl3N3O4. The van der Waals surface area contributed by atoms with Crippen molar-refractivity contribution in [3.63, 3.8) is 0 Å². The molecule has 0 spiro atoms. The van der Waals surface area contributed by atoms with E-state index in [1.165, 1.54) is 18.2 Å². The Morgan fingerprint density at radius 3 is 2.67 bits per heavy atom. The molecule has 3 aromatic rings. The molecule has 27 heavy (non-hydrogen) atoms. The van der Waals surface area contributed by atoms with Crippen LogP contribution in [0, 0.1) is 0 Å². The second-order valence-electron chi connectivity index (χ2n) is 5.34. The Morgan fingerprint density at radius 2 is 1.93 bits per heavy atom. The van der Waals surface area contributed by atoms with Gasteiger partial charge in [-0.3, -0.25) is 9.48 Å². The molecule has 2 heterocycles. The molecule has 10 heteroatoms. The Balaban J connectivity index is 1.54. The Bertz CT molecular complexity index is 970. The fourth-order valence-corrected chi connectivity index (χ4v) is 2.73. The fourth-order valence-electron chi connectivity index (χ4n) is 2.13. The number of nitrogens with one attached hydrogen (secondary N) is 1. The molecule has 1 aromatic carbocycles. The number of aromatic nitrogens is 2. The monoisotopic (exact) mass is 427 g/mol. The molecule has 1 amide bonds. The number of carbonyl (C=O) groups excluding carboxylic acids is 2. The van der Waals surface area contributed by atoms with Gasteiger partial charge in [0.15, 0.2) is 6.61 Å². The second kappa shape index (κ2) is 8.47. The number of furan rings is 1. The van der Waals surface area contributed by atoms with Gasteiger partial charge in [0.05, 0.1) is 27.3 Å². The zero-order valence-corrected chi connectivity index (χ0v) is 15.9. The van der Waals surface area contributed by atoms with Crippen molar-refractivity contribution in [3.05, 3.63) is 69.3 Å². The lowest BCUT2D eigenvalue weighted by atomic mass is 10.3. The number of halogens is 3. The van der Waals surface area contributed by atoms with Crippen molar-refractivity contribution in [2.75, 3.05) is 11.9 Å². The van der Waals surface area contributed by atoms with Gasteiger partial charge < -0.3 is 14.5 Å². The fraction of sp³-hybridized carbons (Fsp3) is 0.118. The number of rotatable bonds is 6. The van der Waals surface area contributed by atoms with Gasteiger partial charge in [0, 0.05) is 12.4 Å². The maximum absolute atomic E-state index is 12.0. The third-order valence-electron chi connectivity index (χ3n) is 3.36. The summed E-state index contributed by atoms with van der Waals surface area (Å²) in [6, 6.07) is 7.68. The number of amides is 1. The number of hydrogen-bond acceptors (Lipinski definition) is 5. The number of anilines is 1. The molecule has 140 valence electrons. The summed E-state index contributed by atoms with van der Waals surface area (Å²) >= 11 is 17.7. The van der Waals surface area contributed by atoms with Gasteiger partial charge in [-0.25, -0.2) is 4.79 Å². The Hall–Kier alpha value is -2.48. The van der Waals surface area contributed by atoms with Gasteiger partial charge in [-0.1, -0.05) is 34.8 Å². The largest absolute Gasteiger partial charge is 0.452 e. The number of hydrogen-bond donors (Lipinski definition) is 1. The molecule has 1 N–H and O–H groups in total. The highest BCUT2D eigenvalue weighted by atomic mass is 35.5. The van der Waals surface area contributed by atoms with Crippen LogP contribution in [0.4, 0.5) is 5.69 Å². The first-order valence-electron chi connectivity index (χ1n) is 7.60. The summed E-state index contributed by atoms with van der Waals surface area (Å²) in [5.74, 6) is -0.848. The average Bonchev–Trinajstić information content (AvgIpc) is 3.30. The summed E-state index contributed by atoms with van der Waals surface area (Å²) in [7, 11) is 0. The lowest BCUT2D eigenvalue weighted by molar-refractivity contribution is -0.119. The predicted octanol–water partition coefficient (Wildman–Crippen LogP) is 4.28. The quantitative estimate of drug-likeness (QED) is 0.468. The van der Waals surface area contributed by atoms with Crippen LogP contribution < -0.4 is 5.32 Å². The van der Waals surface area contributed by atoms with E-state index in [1.54, 1.807) is 29.2 Å². The minimum Gasteiger partial charge on any atom is -0.452 e. The molecule has 7 nitrogen and oxygen atoms in total. The van der Waals surface area contributed by atoms with E-state index in [0.717, 1.165) is 0 Å². The van der Waals surface area contributed by atoms with Crippen LogP contribution in [0.3, 0.4) is 0 Å². The van der Waals surface area contributed by atoms with E-state index < -0.39 is 18.5 Å². The highest BCUT2D eigenvalue weighted by molar-refractivity contribution is 6.44. The zero-order chi connectivity index (χ0) is 19.4. The molecule has 0 unspecified atom stereocenters.